The zero-order chi connectivity index (χ0) is 27.9. The summed E-state index contributed by atoms with van der Waals surface area (Å²) in [7, 11) is 0. The fourth-order valence-corrected chi connectivity index (χ4v) is 7.57. The van der Waals surface area contributed by atoms with E-state index in [1.165, 1.54) is 88.0 Å². The Morgan fingerprint density at radius 1 is 0.476 bits per heavy atom. The topological polar surface area (TPSA) is 9.86 Å². The summed E-state index contributed by atoms with van der Waals surface area (Å²) in [5, 5.41) is 9.23. The van der Waals surface area contributed by atoms with E-state index in [1.54, 1.807) is 0 Å². The van der Waals surface area contributed by atoms with Gasteiger partial charge in [0.1, 0.15) is 0 Å². The monoisotopic (exact) mass is 538 g/mol. The van der Waals surface area contributed by atoms with Crippen LogP contribution in [0.15, 0.2) is 115 Å². The highest BCUT2D eigenvalue weighted by atomic mass is 15.0. The first kappa shape index (κ1) is 23.6. The van der Waals surface area contributed by atoms with Crippen LogP contribution < -0.4 is 0 Å². The van der Waals surface area contributed by atoms with Crippen molar-refractivity contribution in [2.45, 2.75) is 26.7 Å². The van der Waals surface area contributed by atoms with Crippen LogP contribution in [0.1, 0.15) is 28.8 Å². The lowest BCUT2D eigenvalue weighted by atomic mass is 9.92. The molecule has 0 N–H and O–H groups in total. The lowest BCUT2D eigenvalue weighted by Gasteiger charge is -2.18. The summed E-state index contributed by atoms with van der Waals surface area (Å²) in [6, 6.07) is 40.4. The van der Waals surface area contributed by atoms with E-state index < -0.39 is 0 Å². The Balaban J connectivity index is 1.28. The normalized spacial score (nSPS) is 13.2. The smallest absolute Gasteiger partial charge is 0.0541 e. The largest absolute Gasteiger partial charge is 0.313 e. The maximum absolute atomic E-state index is 2.50. The van der Waals surface area contributed by atoms with Crippen LogP contribution in [0.4, 0.5) is 0 Å². The minimum atomic E-state index is 1.07. The van der Waals surface area contributed by atoms with Crippen LogP contribution in [0.5, 0.6) is 0 Å². The van der Waals surface area contributed by atoms with Gasteiger partial charge in [-0.25, -0.2) is 0 Å². The van der Waals surface area contributed by atoms with Crippen molar-refractivity contribution in [3.8, 4) is 11.4 Å². The maximum Gasteiger partial charge on any atom is 0.0541 e. The molecule has 1 aliphatic rings. The summed E-state index contributed by atoms with van der Waals surface area (Å²) >= 11 is 0. The molecule has 1 aliphatic carbocycles. The lowest BCUT2D eigenvalue weighted by molar-refractivity contribution is 0.889. The summed E-state index contributed by atoms with van der Waals surface area (Å²) in [6.45, 7) is 4.58. The predicted octanol–water partition coefficient (Wildman–Crippen LogP) is 10.6. The van der Waals surface area contributed by atoms with E-state index in [4.69, 9.17) is 0 Å². The van der Waals surface area contributed by atoms with Crippen LogP contribution in [-0.2, 0) is 6.42 Å². The van der Waals surface area contributed by atoms with Crippen molar-refractivity contribution < 1.29 is 0 Å². The molecule has 0 bridgehead atoms. The molecule has 2 heterocycles. The van der Waals surface area contributed by atoms with E-state index in [1.807, 2.05) is 0 Å². The molecule has 0 atom stereocenters. The Morgan fingerprint density at radius 2 is 0.976 bits per heavy atom. The second kappa shape index (κ2) is 8.71. The van der Waals surface area contributed by atoms with Gasteiger partial charge in [0.25, 0.3) is 0 Å². The summed E-state index contributed by atoms with van der Waals surface area (Å²) < 4.78 is 4.92. The van der Waals surface area contributed by atoms with E-state index in [-0.39, 0.29) is 0 Å². The molecule has 0 aliphatic heterocycles. The minimum absolute atomic E-state index is 1.07. The van der Waals surface area contributed by atoms with E-state index in [0.29, 0.717) is 0 Å². The van der Waals surface area contributed by atoms with E-state index in [2.05, 4.69) is 144 Å². The van der Waals surface area contributed by atoms with Crippen molar-refractivity contribution in [2.24, 2.45) is 0 Å². The number of para-hydroxylation sites is 3. The molecule has 0 fully saturated rings. The summed E-state index contributed by atoms with van der Waals surface area (Å²) in [6.07, 6.45) is 6.79. The highest BCUT2D eigenvalue weighted by Gasteiger charge is 2.20. The van der Waals surface area contributed by atoms with Crippen molar-refractivity contribution in [1.82, 2.24) is 9.13 Å². The number of allylic oxidation sites excluding steroid dienone is 1. The number of aryl methyl sites for hydroxylation is 2. The van der Waals surface area contributed by atoms with Crippen LogP contribution in [0.25, 0.3) is 71.7 Å². The highest BCUT2D eigenvalue weighted by Crippen LogP contribution is 2.39. The molecule has 200 valence electrons. The third-order valence-electron chi connectivity index (χ3n) is 9.57. The summed E-state index contributed by atoms with van der Waals surface area (Å²) in [5.41, 5.74) is 11.7. The molecule has 0 spiro atoms. The van der Waals surface area contributed by atoms with Gasteiger partial charge in [0.2, 0.25) is 0 Å². The maximum atomic E-state index is 2.50. The number of fused-ring (bicyclic) bond motifs is 8. The number of hydrogen-bond acceptors (Lipinski definition) is 0. The Hall–Kier alpha value is -5.08. The first-order valence-electron chi connectivity index (χ1n) is 14.9. The van der Waals surface area contributed by atoms with E-state index in [0.717, 1.165) is 12.8 Å². The standard InChI is InChI=1S/C40H30N2/c1-25-29-21-19-28(42-39-17-9-5-13-33(39)34-14-6-10-18-40(34)42)24-36(29)26(2)30-22-20-27(23-35(25)30)41-37-15-7-3-11-31(37)32-12-4-8-16-38(32)41/h3-9,11-17,19-24H,10,18H2,1-2H3. The molecule has 2 nitrogen and oxygen atoms in total. The SMILES string of the molecule is Cc1c2ccc(-n3c4ccccc4c4ccccc43)cc2c(C)c2ccc(-n3c4c(c5ccccc53)C=CCC4)cc12. The third kappa shape index (κ3) is 3.15. The molecular weight excluding hydrogens is 508 g/mol. The number of nitrogens with zero attached hydrogens (tertiary/aromatic N) is 2. The summed E-state index contributed by atoms with van der Waals surface area (Å²) in [4.78, 5) is 0. The van der Waals surface area contributed by atoms with Crippen molar-refractivity contribution in [3.05, 3.63) is 138 Å². The Morgan fingerprint density at radius 3 is 1.57 bits per heavy atom. The average Bonchev–Trinajstić information content (AvgIpc) is 3.56. The van der Waals surface area contributed by atoms with Crippen LogP contribution in [0.3, 0.4) is 0 Å². The highest BCUT2D eigenvalue weighted by molar-refractivity contribution is 6.10. The molecule has 8 aromatic rings. The van der Waals surface area contributed by atoms with Crippen LogP contribution in [-0.4, -0.2) is 9.13 Å². The Kier molecular flexibility index (Phi) is 4.90. The molecule has 42 heavy (non-hydrogen) atoms. The van der Waals surface area contributed by atoms with E-state index >= 15 is 0 Å². The molecule has 2 heteroatoms. The van der Waals surface area contributed by atoms with Crippen LogP contribution >= 0.6 is 0 Å². The van der Waals surface area contributed by atoms with Gasteiger partial charge in [0.05, 0.1) is 16.6 Å². The Labute approximate surface area is 244 Å². The fraction of sp³-hybridized carbons (Fsp3) is 0.100. The number of benzene rings is 6. The van der Waals surface area contributed by atoms with Gasteiger partial charge in [-0.3, -0.25) is 0 Å². The van der Waals surface area contributed by atoms with Gasteiger partial charge in [-0.05, 0) is 102 Å². The number of rotatable bonds is 2. The molecular formula is C40H30N2. The molecule has 0 radical (unpaired) electrons. The van der Waals surface area contributed by atoms with Crippen molar-refractivity contribution >= 4 is 60.3 Å². The second-order valence-electron chi connectivity index (χ2n) is 11.7. The number of hydrogen-bond donors (Lipinski definition) is 0. The number of aromatic nitrogens is 2. The lowest BCUT2D eigenvalue weighted by Crippen LogP contribution is -2.03. The van der Waals surface area contributed by atoms with Crippen LogP contribution in [0, 0.1) is 13.8 Å². The zero-order valence-corrected chi connectivity index (χ0v) is 23.9. The molecule has 2 aromatic heterocycles. The quantitative estimate of drug-likeness (QED) is 0.194. The van der Waals surface area contributed by atoms with Gasteiger partial charge in [0, 0.05) is 38.8 Å². The predicted molar refractivity (Wildman–Crippen MR) is 179 cm³/mol. The van der Waals surface area contributed by atoms with Gasteiger partial charge >= 0.3 is 0 Å². The van der Waals surface area contributed by atoms with Crippen molar-refractivity contribution in [1.29, 1.82) is 0 Å². The first-order valence-corrected chi connectivity index (χ1v) is 14.9. The summed E-state index contributed by atoms with van der Waals surface area (Å²) in [5.74, 6) is 0. The molecule has 0 amide bonds. The van der Waals surface area contributed by atoms with Crippen LogP contribution in [0.2, 0.25) is 0 Å². The van der Waals surface area contributed by atoms with Gasteiger partial charge in [-0.15, -0.1) is 0 Å². The second-order valence-corrected chi connectivity index (χ2v) is 11.7. The van der Waals surface area contributed by atoms with Gasteiger partial charge < -0.3 is 9.13 Å². The van der Waals surface area contributed by atoms with Crippen molar-refractivity contribution in [2.75, 3.05) is 0 Å². The van der Waals surface area contributed by atoms with Crippen molar-refractivity contribution in [3.63, 3.8) is 0 Å². The molecule has 0 saturated heterocycles. The van der Waals surface area contributed by atoms with Gasteiger partial charge in [0.15, 0.2) is 0 Å². The minimum Gasteiger partial charge on any atom is -0.313 e. The fourth-order valence-electron chi connectivity index (χ4n) is 7.57. The molecule has 9 rings (SSSR count). The Bertz CT molecular complexity index is 2380. The van der Waals surface area contributed by atoms with Gasteiger partial charge in [-0.2, -0.15) is 0 Å². The molecule has 6 aromatic carbocycles. The zero-order valence-electron chi connectivity index (χ0n) is 23.9. The van der Waals surface area contributed by atoms with E-state index in [9.17, 15) is 0 Å². The van der Waals surface area contributed by atoms with Gasteiger partial charge in [-0.1, -0.05) is 78.9 Å². The average molecular weight is 539 g/mol. The molecule has 0 saturated carbocycles. The molecule has 0 unspecified atom stereocenters. The first-order chi connectivity index (χ1) is 20.7. The third-order valence-corrected chi connectivity index (χ3v) is 9.57.